The summed E-state index contributed by atoms with van der Waals surface area (Å²) in [6.45, 7) is 5.87. The zero-order valence-electron chi connectivity index (χ0n) is 19.4. The van der Waals surface area contributed by atoms with Crippen LogP contribution in [0.4, 0.5) is 16.0 Å². The Balaban J connectivity index is 1.32. The van der Waals surface area contributed by atoms with E-state index >= 15 is 0 Å². The lowest BCUT2D eigenvalue weighted by atomic mass is 9.92. The molecule has 2 aromatic heterocycles. The molecule has 1 aliphatic carbocycles. The SMILES string of the molecule is COc1cc(N2C[C@H]3CC[C@@H](C2)[C@H]3Nc2nc(Oc3cc(F)cc(Cl)c3)n(C(C)C)n2)ccn1. The standard InChI is InChI=1S/C24H28ClFN6O2/c1-14(2)32-24(34-20-9-17(25)8-18(26)10-20)29-23(30-32)28-22-15-4-5-16(22)13-31(12-15)19-6-7-27-21(11-19)33-3/h6-11,14-16,22H,4-5,12-13H2,1-3H3,(H,28,30)/t15-,16+,22+. The summed E-state index contributed by atoms with van der Waals surface area (Å²) in [5.74, 6) is 1.90. The Morgan fingerprint density at radius 3 is 2.59 bits per heavy atom. The third-order valence-electron chi connectivity index (χ3n) is 6.56. The van der Waals surface area contributed by atoms with Gasteiger partial charge in [0.2, 0.25) is 11.8 Å². The van der Waals surface area contributed by atoms with Crippen molar-refractivity contribution in [2.45, 2.75) is 38.8 Å². The fourth-order valence-electron chi connectivity index (χ4n) is 4.99. The van der Waals surface area contributed by atoms with Crippen LogP contribution in [0.5, 0.6) is 17.6 Å². The van der Waals surface area contributed by atoms with Crippen molar-refractivity contribution in [2.75, 3.05) is 30.4 Å². The fourth-order valence-corrected chi connectivity index (χ4v) is 5.21. The predicted molar refractivity (Wildman–Crippen MR) is 129 cm³/mol. The highest BCUT2D eigenvalue weighted by Gasteiger charge is 2.42. The van der Waals surface area contributed by atoms with Crippen molar-refractivity contribution in [1.29, 1.82) is 0 Å². The highest BCUT2D eigenvalue weighted by molar-refractivity contribution is 6.30. The normalized spacial score (nSPS) is 21.7. The van der Waals surface area contributed by atoms with Gasteiger partial charge in [-0.3, -0.25) is 0 Å². The Hall–Kier alpha value is -3.07. The number of aromatic nitrogens is 4. The Morgan fingerprint density at radius 1 is 1.15 bits per heavy atom. The summed E-state index contributed by atoms with van der Waals surface area (Å²) in [6.07, 6.45) is 4.09. The third-order valence-corrected chi connectivity index (χ3v) is 6.77. The largest absolute Gasteiger partial charge is 0.481 e. The van der Waals surface area contributed by atoms with Gasteiger partial charge in [-0.1, -0.05) is 11.6 Å². The molecule has 3 atom stereocenters. The van der Waals surface area contributed by atoms with Crippen LogP contribution in [0.2, 0.25) is 5.02 Å². The number of hydrogen-bond donors (Lipinski definition) is 1. The molecule has 1 aromatic carbocycles. The summed E-state index contributed by atoms with van der Waals surface area (Å²) < 4.78 is 26.6. The van der Waals surface area contributed by atoms with Crippen LogP contribution < -0.4 is 19.7 Å². The Labute approximate surface area is 203 Å². The first-order valence-electron chi connectivity index (χ1n) is 11.5. The van der Waals surface area contributed by atoms with Crippen LogP contribution in [0.15, 0.2) is 36.5 Å². The average Bonchev–Trinajstić information content (AvgIpc) is 3.29. The molecule has 8 nitrogen and oxygen atoms in total. The minimum atomic E-state index is -0.466. The van der Waals surface area contributed by atoms with Crippen LogP contribution in [-0.2, 0) is 0 Å². The lowest BCUT2D eigenvalue weighted by Crippen LogP contribution is -2.48. The van der Waals surface area contributed by atoms with E-state index in [0.717, 1.165) is 31.6 Å². The smallest absolute Gasteiger partial charge is 0.322 e. The van der Waals surface area contributed by atoms with Gasteiger partial charge < -0.3 is 19.7 Å². The van der Waals surface area contributed by atoms with E-state index in [1.807, 2.05) is 26.0 Å². The number of halogens is 2. The number of methoxy groups -OCH3 is 1. The number of nitrogens with zero attached hydrogens (tertiary/aromatic N) is 5. The second-order valence-electron chi connectivity index (χ2n) is 9.19. The molecule has 2 fully saturated rings. The summed E-state index contributed by atoms with van der Waals surface area (Å²) in [5, 5.41) is 8.48. The molecule has 34 heavy (non-hydrogen) atoms. The number of ether oxygens (including phenoxy) is 2. The van der Waals surface area contributed by atoms with Gasteiger partial charge in [-0.05, 0) is 56.7 Å². The molecule has 3 heterocycles. The molecule has 180 valence electrons. The second-order valence-corrected chi connectivity index (χ2v) is 9.63. The van der Waals surface area contributed by atoms with Gasteiger partial charge in [0.15, 0.2) is 0 Å². The minimum absolute atomic E-state index is 0.0160. The monoisotopic (exact) mass is 486 g/mol. The molecule has 0 amide bonds. The number of piperidine rings is 1. The second kappa shape index (κ2) is 9.29. The van der Waals surface area contributed by atoms with E-state index in [4.69, 9.17) is 21.1 Å². The molecule has 5 rings (SSSR count). The topological polar surface area (TPSA) is 77.3 Å². The lowest BCUT2D eigenvalue weighted by molar-refractivity contribution is 0.372. The van der Waals surface area contributed by atoms with Crippen molar-refractivity contribution in [3.8, 4) is 17.6 Å². The van der Waals surface area contributed by atoms with Gasteiger partial charge in [-0.15, -0.1) is 5.10 Å². The molecule has 0 spiro atoms. The van der Waals surface area contributed by atoms with Crippen molar-refractivity contribution in [2.24, 2.45) is 11.8 Å². The maximum atomic E-state index is 13.8. The van der Waals surface area contributed by atoms with Crippen molar-refractivity contribution < 1.29 is 13.9 Å². The predicted octanol–water partition coefficient (Wildman–Crippen LogP) is 5.17. The number of rotatable bonds is 7. The molecule has 10 heteroatoms. The number of anilines is 2. The van der Waals surface area contributed by atoms with E-state index < -0.39 is 5.82 Å². The zero-order valence-corrected chi connectivity index (χ0v) is 20.2. The molecule has 1 saturated carbocycles. The number of benzene rings is 1. The van der Waals surface area contributed by atoms with E-state index in [2.05, 4.69) is 25.3 Å². The molecule has 1 N–H and O–H groups in total. The third kappa shape index (κ3) is 4.61. The molecule has 2 aliphatic rings. The summed E-state index contributed by atoms with van der Waals surface area (Å²) >= 11 is 5.98. The Kier molecular flexibility index (Phi) is 6.20. The molecule has 1 saturated heterocycles. The fraction of sp³-hybridized carbons (Fsp3) is 0.458. The summed E-state index contributed by atoms with van der Waals surface area (Å²) in [6, 6.07) is 8.68. The maximum absolute atomic E-state index is 13.8. The number of hydrogen-bond acceptors (Lipinski definition) is 7. The van der Waals surface area contributed by atoms with E-state index in [1.165, 1.54) is 12.1 Å². The van der Waals surface area contributed by atoms with Gasteiger partial charge in [-0.25, -0.2) is 14.1 Å². The van der Waals surface area contributed by atoms with Crippen LogP contribution in [0.25, 0.3) is 0 Å². The number of fused-ring (bicyclic) bond motifs is 2. The number of pyridine rings is 1. The summed E-state index contributed by atoms with van der Waals surface area (Å²) in [7, 11) is 1.64. The molecular formula is C24H28ClFN6O2. The first-order valence-corrected chi connectivity index (χ1v) is 11.9. The minimum Gasteiger partial charge on any atom is -0.481 e. The highest BCUT2D eigenvalue weighted by Crippen LogP contribution is 2.40. The van der Waals surface area contributed by atoms with Crippen LogP contribution in [0.1, 0.15) is 32.7 Å². The average molecular weight is 487 g/mol. The number of nitrogens with one attached hydrogen (secondary N) is 1. The first kappa shape index (κ1) is 22.7. The van der Waals surface area contributed by atoms with E-state index in [-0.39, 0.29) is 22.9 Å². The van der Waals surface area contributed by atoms with E-state index in [0.29, 0.717) is 29.7 Å². The lowest BCUT2D eigenvalue weighted by Gasteiger charge is -2.39. The molecule has 2 bridgehead atoms. The maximum Gasteiger partial charge on any atom is 0.322 e. The van der Waals surface area contributed by atoms with Gasteiger partial charge in [0.1, 0.15) is 11.6 Å². The zero-order chi connectivity index (χ0) is 23.8. The van der Waals surface area contributed by atoms with Gasteiger partial charge in [0.25, 0.3) is 0 Å². The van der Waals surface area contributed by atoms with Crippen molar-refractivity contribution in [1.82, 2.24) is 19.7 Å². The van der Waals surface area contributed by atoms with Crippen LogP contribution in [0, 0.1) is 17.7 Å². The molecule has 3 aromatic rings. The van der Waals surface area contributed by atoms with E-state index in [9.17, 15) is 4.39 Å². The van der Waals surface area contributed by atoms with Crippen LogP contribution in [-0.4, -0.2) is 46.0 Å². The quantitative estimate of drug-likeness (QED) is 0.493. The van der Waals surface area contributed by atoms with Gasteiger partial charge in [0.05, 0.1) is 13.2 Å². The Morgan fingerprint density at radius 2 is 1.91 bits per heavy atom. The molecule has 0 radical (unpaired) electrons. The summed E-state index contributed by atoms with van der Waals surface area (Å²) in [4.78, 5) is 11.2. The van der Waals surface area contributed by atoms with Crippen LogP contribution in [0.3, 0.4) is 0 Å². The first-order chi connectivity index (χ1) is 16.4. The van der Waals surface area contributed by atoms with Gasteiger partial charge in [0, 0.05) is 48.2 Å². The van der Waals surface area contributed by atoms with Crippen molar-refractivity contribution in [3.05, 3.63) is 47.4 Å². The van der Waals surface area contributed by atoms with Crippen molar-refractivity contribution in [3.63, 3.8) is 0 Å². The van der Waals surface area contributed by atoms with E-state index in [1.54, 1.807) is 24.1 Å². The summed E-state index contributed by atoms with van der Waals surface area (Å²) in [5.41, 5.74) is 1.13. The van der Waals surface area contributed by atoms with Crippen LogP contribution >= 0.6 is 11.6 Å². The Bertz CT molecular complexity index is 1140. The molecule has 0 unspecified atom stereocenters. The van der Waals surface area contributed by atoms with Gasteiger partial charge >= 0.3 is 6.01 Å². The molecule has 1 aliphatic heterocycles. The van der Waals surface area contributed by atoms with Crippen molar-refractivity contribution >= 4 is 23.2 Å². The van der Waals surface area contributed by atoms with Gasteiger partial charge in [-0.2, -0.15) is 4.98 Å². The molecular weight excluding hydrogens is 459 g/mol. The highest BCUT2D eigenvalue weighted by atomic mass is 35.5.